The Bertz CT molecular complexity index is 3670. The second-order valence-corrected chi connectivity index (χ2v) is 14.8. The zero-order valence-electron chi connectivity index (χ0n) is 29.6. The van der Waals surface area contributed by atoms with Gasteiger partial charge in [-0.2, -0.15) is 5.26 Å². The molecule has 0 amide bonds. The van der Waals surface area contributed by atoms with Crippen LogP contribution in [0.15, 0.2) is 180 Å². The first-order valence-corrected chi connectivity index (χ1v) is 18.7. The quantitative estimate of drug-likeness (QED) is 0.169. The molecule has 0 aliphatic heterocycles. The van der Waals surface area contributed by atoms with Gasteiger partial charge in [0.05, 0.1) is 11.6 Å². The van der Waals surface area contributed by atoms with Crippen LogP contribution < -0.4 is 0 Å². The molecule has 0 saturated carbocycles. The van der Waals surface area contributed by atoms with E-state index in [0.717, 1.165) is 38.3 Å². The van der Waals surface area contributed by atoms with E-state index in [1.54, 1.807) is 0 Å². The van der Waals surface area contributed by atoms with Crippen LogP contribution in [-0.4, -0.2) is 0 Å². The lowest BCUT2D eigenvalue weighted by Gasteiger charge is -2.13. The van der Waals surface area contributed by atoms with Crippen LogP contribution in [0.3, 0.4) is 0 Å². The molecule has 0 atom stereocenters. The molecular weight excluding hydrogens is 667 g/mol. The Balaban J connectivity index is 0.981. The number of furan rings is 1. The van der Waals surface area contributed by atoms with Gasteiger partial charge < -0.3 is 4.42 Å². The highest BCUT2D eigenvalue weighted by Gasteiger charge is 2.16. The van der Waals surface area contributed by atoms with Crippen LogP contribution in [0.5, 0.6) is 0 Å². The van der Waals surface area contributed by atoms with Crippen molar-refractivity contribution < 1.29 is 4.42 Å². The van der Waals surface area contributed by atoms with Crippen LogP contribution in [0, 0.1) is 11.3 Å². The van der Waals surface area contributed by atoms with Crippen LogP contribution >= 0.6 is 0 Å². The molecule has 0 fully saturated rings. The number of benzene rings is 11. The predicted octanol–water partition coefficient (Wildman–Crippen LogP) is 14.9. The molecule has 1 heterocycles. The monoisotopic (exact) mass is 695 g/mol. The molecule has 0 unspecified atom stereocenters. The summed E-state index contributed by atoms with van der Waals surface area (Å²) in [6.45, 7) is 0. The van der Waals surface area contributed by atoms with Crippen LogP contribution in [0.4, 0.5) is 0 Å². The highest BCUT2D eigenvalue weighted by atomic mass is 16.3. The van der Waals surface area contributed by atoms with Crippen molar-refractivity contribution in [3.8, 4) is 28.3 Å². The fourth-order valence-corrected chi connectivity index (χ4v) is 9.08. The lowest BCUT2D eigenvalue weighted by Crippen LogP contribution is -1.86. The van der Waals surface area contributed by atoms with Crippen LogP contribution in [0.25, 0.3) is 120 Å². The third-order valence-electron chi connectivity index (χ3n) is 11.8. The average molecular weight is 696 g/mol. The molecule has 252 valence electrons. The Kier molecular flexibility index (Phi) is 6.15. The molecule has 0 aliphatic rings. The van der Waals surface area contributed by atoms with Crippen molar-refractivity contribution in [3.05, 3.63) is 181 Å². The van der Waals surface area contributed by atoms with Crippen molar-refractivity contribution in [1.82, 2.24) is 0 Å². The molecule has 55 heavy (non-hydrogen) atoms. The van der Waals surface area contributed by atoms with Crippen molar-refractivity contribution in [3.63, 3.8) is 0 Å². The molecule has 0 spiro atoms. The first-order valence-electron chi connectivity index (χ1n) is 18.7. The summed E-state index contributed by atoms with van der Waals surface area (Å²) in [6, 6.07) is 65.9. The maximum Gasteiger partial charge on any atom is 0.136 e. The van der Waals surface area contributed by atoms with Gasteiger partial charge in [0.25, 0.3) is 0 Å². The SMILES string of the molecule is N#Cc1ccc2ccc3ccc(-c4ccc5cc(-c6ccc7c(c6)c6ccccc6c6cc8c(cc76)oc6ccc7ccccc7c68)ccc5c4)cc3c2c1. The minimum atomic E-state index is 0.679. The van der Waals surface area contributed by atoms with E-state index >= 15 is 0 Å². The second-order valence-electron chi connectivity index (χ2n) is 14.8. The van der Waals surface area contributed by atoms with Crippen LogP contribution in [-0.2, 0) is 0 Å². The molecule has 0 N–H and O–H groups in total. The average Bonchev–Trinajstić information content (AvgIpc) is 3.63. The first-order chi connectivity index (χ1) is 27.2. The topological polar surface area (TPSA) is 36.9 Å². The van der Waals surface area contributed by atoms with E-state index in [4.69, 9.17) is 4.42 Å². The van der Waals surface area contributed by atoms with Gasteiger partial charge in [0.1, 0.15) is 11.2 Å². The van der Waals surface area contributed by atoms with Gasteiger partial charge in [-0.05, 0) is 152 Å². The zero-order valence-corrected chi connectivity index (χ0v) is 29.6. The smallest absolute Gasteiger partial charge is 0.136 e. The Morgan fingerprint density at radius 2 is 0.800 bits per heavy atom. The summed E-state index contributed by atoms with van der Waals surface area (Å²) in [5.74, 6) is 0. The van der Waals surface area contributed by atoms with Gasteiger partial charge in [0.2, 0.25) is 0 Å². The molecule has 0 saturated heterocycles. The third-order valence-corrected chi connectivity index (χ3v) is 11.8. The molecular formula is C53H29NO. The predicted molar refractivity (Wildman–Crippen MR) is 232 cm³/mol. The number of nitriles is 1. The van der Waals surface area contributed by atoms with E-state index in [2.05, 4.69) is 164 Å². The molecule has 12 aromatic rings. The third kappa shape index (κ3) is 4.48. The molecule has 0 aliphatic carbocycles. The molecule has 11 aromatic carbocycles. The fraction of sp³-hybridized carbons (Fsp3) is 0. The van der Waals surface area contributed by atoms with E-state index in [-0.39, 0.29) is 0 Å². The Morgan fingerprint density at radius 1 is 0.309 bits per heavy atom. The number of fused-ring (bicyclic) bond motifs is 15. The summed E-state index contributed by atoms with van der Waals surface area (Å²) in [4.78, 5) is 0. The van der Waals surface area contributed by atoms with E-state index in [1.165, 1.54) is 81.3 Å². The number of hydrogen-bond acceptors (Lipinski definition) is 2. The van der Waals surface area contributed by atoms with Gasteiger partial charge >= 0.3 is 0 Å². The van der Waals surface area contributed by atoms with Gasteiger partial charge in [-0.1, -0.05) is 121 Å². The van der Waals surface area contributed by atoms with E-state index < -0.39 is 0 Å². The molecule has 2 nitrogen and oxygen atoms in total. The van der Waals surface area contributed by atoms with Gasteiger partial charge in [-0.25, -0.2) is 0 Å². The Labute approximate surface area is 315 Å². The largest absolute Gasteiger partial charge is 0.456 e. The number of hydrogen-bond donors (Lipinski definition) is 0. The van der Waals surface area contributed by atoms with Crippen molar-refractivity contribution in [2.75, 3.05) is 0 Å². The lowest BCUT2D eigenvalue weighted by atomic mass is 9.90. The highest BCUT2D eigenvalue weighted by Crippen LogP contribution is 2.43. The van der Waals surface area contributed by atoms with Crippen LogP contribution in [0.2, 0.25) is 0 Å². The van der Waals surface area contributed by atoms with Gasteiger partial charge in [-0.3, -0.25) is 0 Å². The van der Waals surface area contributed by atoms with Crippen molar-refractivity contribution in [2.24, 2.45) is 0 Å². The molecule has 1 aromatic heterocycles. The van der Waals surface area contributed by atoms with E-state index in [9.17, 15) is 5.26 Å². The van der Waals surface area contributed by atoms with Gasteiger partial charge in [-0.15, -0.1) is 0 Å². The zero-order chi connectivity index (χ0) is 36.2. The summed E-state index contributed by atoms with van der Waals surface area (Å²) >= 11 is 0. The minimum Gasteiger partial charge on any atom is -0.456 e. The maximum absolute atomic E-state index is 9.55. The summed E-state index contributed by atoms with van der Waals surface area (Å²) in [6.07, 6.45) is 0. The van der Waals surface area contributed by atoms with Crippen molar-refractivity contribution >= 4 is 97.3 Å². The summed E-state index contributed by atoms with van der Waals surface area (Å²) < 4.78 is 6.53. The Morgan fingerprint density at radius 3 is 1.53 bits per heavy atom. The molecule has 0 bridgehead atoms. The first kappa shape index (κ1) is 30.0. The normalized spacial score (nSPS) is 12.0. The maximum atomic E-state index is 9.55. The van der Waals surface area contributed by atoms with Crippen molar-refractivity contribution in [2.45, 2.75) is 0 Å². The minimum absolute atomic E-state index is 0.679. The Hall–Kier alpha value is -7.47. The van der Waals surface area contributed by atoms with Crippen LogP contribution in [0.1, 0.15) is 5.56 Å². The number of rotatable bonds is 2. The fourth-order valence-electron chi connectivity index (χ4n) is 9.08. The van der Waals surface area contributed by atoms with E-state index in [0.29, 0.717) is 5.56 Å². The van der Waals surface area contributed by atoms with Gasteiger partial charge in [0, 0.05) is 10.8 Å². The molecule has 2 heteroatoms. The van der Waals surface area contributed by atoms with Crippen molar-refractivity contribution in [1.29, 1.82) is 5.26 Å². The molecule has 0 radical (unpaired) electrons. The summed E-state index contributed by atoms with van der Waals surface area (Å²) in [5, 5.41) is 28.7. The standard InChI is InChI=1S/C53H29NO/c54-30-31-9-10-33-11-12-34-13-14-39(26-46(34)45(33)23-31)37-17-15-36-25-38(18-16-35(36)24-37)40-19-21-44-47(27-40)42-7-3-4-8-43(42)48-28-50-52(29-49(44)48)55-51-22-20-32-5-1-2-6-41(32)53(50)51/h1-29H. The summed E-state index contributed by atoms with van der Waals surface area (Å²) in [5.41, 5.74) is 7.23. The number of nitrogens with zero attached hydrogens (tertiary/aromatic N) is 1. The second kappa shape index (κ2) is 11.3. The lowest BCUT2D eigenvalue weighted by molar-refractivity contribution is 0.670. The highest BCUT2D eigenvalue weighted by molar-refractivity contribution is 6.30. The molecule has 12 rings (SSSR count). The summed E-state index contributed by atoms with van der Waals surface area (Å²) in [7, 11) is 0. The van der Waals surface area contributed by atoms with E-state index in [1.807, 2.05) is 18.2 Å². The van der Waals surface area contributed by atoms with Gasteiger partial charge in [0.15, 0.2) is 0 Å².